The molecule has 3 aromatic rings. The number of carbonyl (C=O) groups is 2. The molecule has 0 radical (unpaired) electrons. The van der Waals surface area contributed by atoms with Crippen molar-refractivity contribution in [1.82, 2.24) is 20.2 Å². The van der Waals surface area contributed by atoms with Crippen LogP contribution in [0, 0.1) is 6.92 Å². The Hall–Kier alpha value is -2.58. The molecule has 0 atom stereocenters. The van der Waals surface area contributed by atoms with Gasteiger partial charge >= 0.3 is 6.03 Å². The number of amides is 3. The van der Waals surface area contributed by atoms with Crippen molar-refractivity contribution in [2.24, 2.45) is 0 Å². The highest BCUT2D eigenvalue weighted by Gasteiger charge is 2.24. The van der Waals surface area contributed by atoms with E-state index in [-0.39, 0.29) is 18.5 Å². The van der Waals surface area contributed by atoms with Gasteiger partial charge in [0.25, 0.3) is 0 Å². The van der Waals surface area contributed by atoms with Gasteiger partial charge in [-0.3, -0.25) is 4.79 Å². The fraction of sp³-hybridized carbons (Fsp3) is 0.278. The molecule has 3 amide bonds. The first-order valence-electron chi connectivity index (χ1n) is 8.53. The Morgan fingerprint density at radius 1 is 1.41 bits per heavy atom. The van der Waals surface area contributed by atoms with Crippen molar-refractivity contribution in [2.45, 2.75) is 19.9 Å². The van der Waals surface area contributed by atoms with Gasteiger partial charge in [-0.1, -0.05) is 11.6 Å². The van der Waals surface area contributed by atoms with Crippen molar-refractivity contribution in [1.29, 1.82) is 0 Å². The van der Waals surface area contributed by atoms with E-state index in [0.717, 1.165) is 28.7 Å². The SMILES string of the molecule is Cc1csc(NC(=O)CNC(=O)N2CCc3c([nH]c4ccc(Cl)cc34)C2)n1. The molecule has 1 aliphatic rings. The summed E-state index contributed by atoms with van der Waals surface area (Å²) in [6.07, 6.45) is 0.744. The van der Waals surface area contributed by atoms with Crippen molar-refractivity contribution in [3.8, 4) is 0 Å². The summed E-state index contributed by atoms with van der Waals surface area (Å²) in [6, 6.07) is 5.49. The van der Waals surface area contributed by atoms with E-state index >= 15 is 0 Å². The van der Waals surface area contributed by atoms with Crippen LogP contribution in [0.3, 0.4) is 0 Å². The van der Waals surface area contributed by atoms with Crippen LogP contribution in [0.15, 0.2) is 23.6 Å². The van der Waals surface area contributed by atoms with Crippen LogP contribution in [0.5, 0.6) is 0 Å². The van der Waals surface area contributed by atoms with Crippen molar-refractivity contribution < 1.29 is 9.59 Å². The molecule has 0 saturated heterocycles. The van der Waals surface area contributed by atoms with Crippen LogP contribution in [0.4, 0.5) is 9.93 Å². The predicted molar refractivity (Wildman–Crippen MR) is 106 cm³/mol. The minimum absolute atomic E-state index is 0.0941. The van der Waals surface area contributed by atoms with E-state index in [1.807, 2.05) is 30.5 Å². The monoisotopic (exact) mass is 403 g/mol. The van der Waals surface area contributed by atoms with E-state index in [2.05, 4.69) is 20.6 Å². The molecule has 0 saturated carbocycles. The summed E-state index contributed by atoms with van der Waals surface area (Å²) in [5.41, 5.74) is 4.08. The van der Waals surface area contributed by atoms with Crippen LogP contribution >= 0.6 is 22.9 Å². The molecule has 0 bridgehead atoms. The van der Waals surface area contributed by atoms with Crippen LogP contribution in [0.1, 0.15) is 17.0 Å². The first-order valence-corrected chi connectivity index (χ1v) is 9.79. The highest BCUT2D eigenvalue weighted by atomic mass is 35.5. The Balaban J connectivity index is 1.36. The smallest absolute Gasteiger partial charge is 0.318 e. The zero-order chi connectivity index (χ0) is 19.0. The molecule has 1 aromatic carbocycles. The highest BCUT2D eigenvalue weighted by Crippen LogP contribution is 2.29. The van der Waals surface area contributed by atoms with Gasteiger partial charge < -0.3 is 20.5 Å². The molecule has 7 nitrogen and oxygen atoms in total. The van der Waals surface area contributed by atoms with E-state index in [0.29, 0.717) is 23.2 Å². The van der Waals surface area contributed by atoms with Gasteiger partial charge in [0.15, 0.2) is 5.13 Å². The second kappa shape index (κ2) is 7.21. The largest absolute Gasteiger partial charge is 0.357 e. The number of nitrogens with one attached hydrogen (secondary N) is 3. The summed E-state index contributed by atoms with van der Waals surface area (Å²) in [5.74, 6) is -0.296. The van der Waals surface area contributed by atoms with Gasteiger partial charge in [-0.15, -0.1) is 11.3 Å². The second-order valence-corrected chi connectivity index (χ2v) is 7.74. The Morgan fingerprint density at radius 3 is 3.04 bits per heavy atom. The lowest BCUT2D eigenvalue weighted by Gasteiger charge is -2.27. The number of fused-ring (bicyclic) bond motifs is 3. The highest BCUT2D eigenvalue weighted by molar-refractivity contribution is 7.13. The number of anilines is 1. The molecule has 2 aromatic heterocycles. The molecule has 3 heterocycles. The topological polar surface area (TPSA) is 90.1 Å². The van der Waals surface area contributed by atoms with Crippen molar-refractivity contribution in [3.05, 3.63) is 45.6 Å². The number of H-pyrrole nitrogens is 1. The quantitative estimate of drug-likeness (QED) is 0.626. The van der Waals surface area contributed by atoms with Crippen LogP contribution in [-0.4, -0.2) is 39.9 Å². The molecule has 3 N–H and O–H groups in total. The summed E-state index contributed by atoms with van der Waals surface area (Å²) in [7, 11) is 0. The van der Waals surface area contributed by atoms with Crippen LogP contribution in [-0.2, 0) is 17.8 Å². The van der Waals surface area contributed by atoms with Gasteiger partial charge in [0.1, 0.15) is 0 Å². The molecule has 0 unspecified atom stereocenters. The number of aryl methyl sites for hydroxylation is 1. The number of rotatable bonds is 3. The first kappa shape index (κ1) is 17.8. The normalized spacial score (nSPS) is 13.5. The standard InChI is InChI=1S/C18H18ClN5O2S/c1-10-9-27-17(21-10)23-16(25)7-20-18(26)24-5-4-12-13-6-11(19)2-3-14(13)22-15(12)8-24/h2-3,6,9,22H,4-5,7-8H2,1H3,(H,20,26)(H,21,23,25). The average Bonchev–Trinajstić information content (AvgIpc) is 3.21. The molecular formula is C18H18ClN5O2S. The summed E-state index contributed by atoms with van der Waals surface area (Å²) < 4.78 is 0. The lowest BCUT2D eigenvalue weighted by molar-refractivity contribution is -0.115. The van der Waals surface area contributed by atoms with Gasteiger partial charge in [-0.25, -0.2) is 9.78 Å². The number of carbonyl (C=O) groups excluding carboxylic acids is 2. The summed E-state index contributed by atoms with van der Waals surface area (Å²) in [4.78, 5) is 33.6. The fourth-order valence-electron chi connectivity index (χ4n) is 3.23. The Labute approximate surface area is 164 Å². The zero-order valence-electron chi connectivity index (χ0n) is 14.6. The number of hydrogen-bond acceptors (Lipinski definition) is 4. The Kier molecular flexibility index (Phi) is 4.75. The second-order valence-electron chi connectivity index (χ2n) is 6.44. The molecule has 140 valence electrons. The van der Waals surface area contributed by atoms with Crippen LogP contribution < -0.4 is 10.6 Å². The van der Waals surface area contributed by atoms with E-state index in [9.17, 15) is 9.59 Å². The first-order chi connectivity index (χ1) is 13.0. The number of hydrogen-bond donors (Lipinski definition) is 3. The van der Waals surface area contributed by atoms with Gasteiger partial charge in [0.2, 0.25) is 5.91 Å². The third-order valence-electron chi connectivity index (χ3n) is 4.49. The van der Waals surface area contributed by atoms with Crippen molar-refractivity contribution >= 4 is 50.9 Å². The van der Waals surface area contributed by atoms with E-state index in [4.69, 9.17) is 11.6 Å². The lowest BCUT2D eigenvalue weighted by Crippen LogP contribution is -2.45. The Morgan fingerprint density at radius 2 is 2.26 bits per heavy atom. The molecular weight excluding hydrogens is 386 g/mol. The third kappa shape index (κ3) is 3.77. The molecule has 1 aliphatic heterocycles. The average molecular weight is 404 g/mol. The molecule has 0 spiro atoms. The number of aromatic nitrogens is 2. The number of urea groups is 1. The number of nitrogens with zero attached hydrogens (tertiary/aromatic N) is 2. The number of benzene rings is 1. The molecule has 0 fully saturated rings. The molecule has 9 heteroatoms. The minimum Gasteiger partial charge on any atom is -0.357 e. The Bertz CT molecular complexity index is 1030. The fourth-order valence-corrected chi connectivity index (χ4v) is 4.11. The van der Waals surface area contributed by atoms with Crippen LogP contribution in [0.2, 0.25) is 5.02 Å². The van der Waals surface area contributed by atoms with Crippen LogP contribution in [0.25, 0.3) is 10.9 Å². The number of halogens is 1. The van der Waals surface area contributed by atoms with Gasteiger partial charge in [-0.05, 0) is 37.1 Å². The number of aromatic amines is 1. The zero-order valence-corrected chi connectivity index (χ0v) is 16.2. The van der Waals surface area contributed by atoms with Gasteiger partial charge in [-0.2, -0.15) is 0 Å². The third-order valence-corrected chi connectivity index (χ3v) is 5.60. The van der Waals surface area contributed by atoms with E-state index in [1.54, 1.807) is 4.90 Å². The van der Waals surface area contributed by atoms with E-state index < -0.39 is 0 Å². The molecule has 4 rings (SSSR count). The number of thiazole rings is 1. The van der Waals surface area contributed by atoms with Crippen molar-refractivity contribution in [3.63, 3.8) is 0 Å². The summed E-state index contributed by atoms with van der Waals surface area (Å²) >= 11 is 7.45. The lowest BCUT2D eigenvalue weighted by atomic mass is 10.0. The maximum Gasteiger partial charge on any atom is 0.318 e. The molecule has 27 heavy (non-hydrogen) atoms. The van der Waals surface area contributed by atoms with E-state index in [1.165, 1.54) is 16.9 Å². The van der Waals surface area contributed by atoms with Crippen molar-refractivity contribution in [2.75, 3.05) is 18.4 Å². The molecule has 0 aliphatic carbocycles. The minimum atomic E-state index is -0.296. The maximum atomic E-state index is 12.4. The summed E-state index contributed by atoms with van der Waals surface area (Å²) in [5, 5.41) is 9.54. The maximum absolute atomic E-state index is 12.4. The summed E-state index contributed by atoms with van der Waals surface area (Å²) in [6.45, 7) is 2.83. The van der Waals surface area contributed by atoms with Gasteiger partial charge in [0.05, 0.1) is 18.8 Å². The van der Waals surface area contributed by atoms with Gasteiger partial charge in [0, 0.05) is 33.5 Å². The predicted octanol–water partition coefficient (Wildman–Crippen LogP) is 3.29.